The van der Waals surface area contributed by atoms with Crippen LogP contribution in [0.5, 0.6) is 0 Å². The van der Waals surface area contributed by atoms with Crippen molar-refractivity contribution in [3.8, 4) is 0 Å². The van der Waals surface area contributed by atoms with Crippen molar-refractivity contribution < 1.29 is 4.74 Å². The molecule has 2 aliphatic rings. The number of nitrogens with zero attached hydrogens (tertiary/aromatic N) is 6. The number of nitrogens with one attached hydrogen (secondary N) is 1. The Morgan fingerprint density at radius 1 is 0.929 bits per heavy atom. The minimum Gasteiger partial charge on any atom is -0.378 e. The van der Waals surface area contributed by atoms with Gasteiger partial charge in [0.15, 0.2) is 0 Å². The number of hydrazone groups is 1. The highest BCUT2D eigenvalue weighted by atomic mass is 35.5. The number of anilines is 3. The number of halogens is 2. The van der Waals surface area contributed by atoms with Gasteiger partial charge in [0.25, 0.3) is 0 Å². The van der Waals surface area contributed by atoms with Crippen LogP contribution in [0, 0.1) is 0 Å². The molecule has 28 heavy (non-hydrogen) atoms. The second kappa shape index (κ2) is 8.89. The van der Waals surface area contributed by atoms with Crippen LogP contribution in [0.4, 0.5) is 17.8 Å². The topological polar surface area (TPSA) is 78.8 Å². The Labute approximate surface area is 173 Å². The summed E-state index contributed by atoms with van der Waals surface area (Å²) in [4.78, 5) is 18.1. The Morgan fingerprint density at radius 2 is 1.61 bits per heavy atom. The Hall–Kier alpha value is -2.16. The molecular weight excluding hydrogens is 401 g/mol. The van der Waals surface area contributed by atoms with Crippen LogP contribution in [0.3, 0.4) is 0 Å². The first-order valence-corrected chi connectivity index (χ1v) is 10.0. The Bertz CT molecular complexity index is 852. The number of benzene rings is 1. The van der Waals surface area contributed by atoms with Gasteiger partial charge in [-0.05, 0) is 30.5 Å². The van der Waals surface area contributed by atoms with Gasteiger partial charge < -0.3 is 14.5 Å². The number of ether oxygens (including phenoxy) is 1. The lowest BCUT2D eigenvalue weighted by atomic mass is 10.2. The van der Waals surface area contributed by atoms with Gasteiger partial charge in [0.1, 0.15) is 0 Å². The minimum atomic E-state index is 0.412. The summed E-state index contributed by atoms with van der Waals surface area (Å²) in [6.07, 6.45) is 3.95. The molecule has 0 atom stereocenters. The van der Waals surface area contributed by atoms with E-state index in [0.717, 1.165) is 44.6 Å². The van der Waals surface area contributed by atoms with E-state index in [2.05, 4.69) is 35.3 Å². The molecule has 0 bridgehead atoms. The van der Waals surface area contributed by atoms with E-state index in [1.54, 1.807) is 18.3 Å². The van der Waals surface area contributed by atoms with Crippen molar-refractivity contribution >= 4 is 47.3 Å². The molecule has 2 aromatic rings. The van der Waals surface area contributed by atoms with E-state index < -0.39 is 0 Å². The fraction of sp³-hybridized carbons (Fsp3) is 0.444. The SMILES string of the molecule is Clc1ccc(/C=N\Nc2nc(N3CCCC3)nc(N3CCOCC3)n2)cc1Cl. The highest BCUT2D eigenvalue weighted by Crippen LogP contribution is 2.23. The van der Waals surface area contributed by atoms with Crippen molar-refractivity contribution in [1.29, 1.82) is 0 Å². The van der Waals surface area contributed by atoms with Gasteiger partial charge in [-0.2, -0.15) is 20.1 Å². The normalized spacial score (nSPS) is 17.5. The van der Waals surface area contributed by atoms with Crippen LogP contribution >= 0.6 is 23.2 Å². The fourth-order valence-electron chi connectivity index (χ4n) is 3.12. The number of hydrogen-bond donors (Lipinski definition) is 1. The summed E-state index contributed by atoms with van der Waals surface area (Å²) in [6, 6.07) is 5.31. The summed E-state index contributed by atoms with van der Waals surface area (Å²) in [5, 5.41) is 5.24. The third kappa shape index (κ3) is 4.63. The molecule has 1 aromatic carbocycles. The molecule has 2 fully saturated rings. The van der Waals surface area contributed by atoms with E-state index in [9.17, 15) is 0 Å². The van der Waals surface area contributed by atoms with Crippen LogP contribution in [-0.4, -0.2) is 60.6 Å². The first kappa shape index (κ1) is 19.2. The first-order chi connectivity index (χ1) is 13.7. The van der Waals surface area contributed by atoms with Crippen LogP contribution in [0.15, 0.2) is 23.3 Å². The summed E-state index contributed by atoms with van der Waals surface area (Å²) in [7, 11) is 0. The van der Waals surface area contributed by atoms with Crippen LogP contribution in [0.25, 0.3) is 0 Å². The van der Waals surface area contributed by atoms with E-state index >= 15 is 0 Å². The van der Waals surface area contributed by atoms with E-state index in [1.165, 1.54) is 0 Å². The van der Waals surface area contributed by atoms with Crippen molar-refractivity contribution in [1.82, 2.24) is 15.0 Å². The maximum Gasteiger partial charge on any atom is 0.250 e. The molecule has 10 heteroatoms. The van der Waals surface area contributed by atoms with Gasteiger partial charge in [-0.15, -0.1) is 0 Å². The van der Waals surface area contributed by atoms with Gasteiger partial charge >= 0.3 is 0 Å². The number of aromatic nitrogens is 3. The molecule has 0 amide bonds. The number of morpholine rings is 1. The second-order valence-electron chi connectivity index (χ2n) is 6.60. The van der Waals surface area contributed by atoms with Gasteiger partial charge in [-0.3, -0.25) is 0 Å². The molecule has 0 radical (unpaired) electrons. The summed E-state index contributed by atoms with van der Waals surface area (Å²) < 4.78 is 5.43. The van der Waals surface area contributed by atoms with Gasteiger partial charge in [-0.25, -0.2) is 5.43 Å². The zero-order valence-corrected chi connectivity index (χ0v) is 16.8. The molecule has 3 heterocycles. The van der Waals surface area contributed by atoms with Crippen molar-refractivity contribution in [3.05, 3.63) is 33.8 Å². The van der Waals surface area contributed by atoms with Crippen molar-refractivity contribution in [3.63, 3.8) is 0 Å². The third-order valence-electron chi connectivity index (χ3n) is 4.62. The highest BCUT2D eigenvalue weighted by Gasteiger charge is 2.21. The Balaban J connectivity index is 1.54. The Kier molecular flexibility index (Phi) is 6.09. The van der Waals surface area contributed by atoms with Gasteiger partial charge in [0.2, 0.25) is 17.8 Å². The molecule has 0 unspecified atom stereocenters. The average molecular weight is 422 g/mol. The predicted octanol–water partition coefficient (Wildman–Crippen LogP) is 3.06. The first-order valence-electron chi connectivity index (χ1n) is 9.27. The second-order valence-corrected chi connectivity index (χ2v) is 7.41. The summed E-state index contributed by atoms with van der Waals surface area (Å²) in [6.45, 7) is 4.77. The largest absolute Gasteiger partial charge is 0.378 e. The maximum absolute atomic E-state index is 6.04. The van der Waals surface area contributed by atoms with Crippen molar-refractivity contribution in [2.24, 2.45) is 5.10 Å². The molecule has 0 saturated carbocycles. The van der Waals surface area contributed by atoms with E-state index in [0.29, 0.717) is 41.1 Å². The molecular formula is C18H21Cl2N7O. The molecule has 2 saturated heterocycles. The third-order valence-corrected chi connectivity index (χ3v) is 5.36. The van der Waals surface area contributed by atoms with Crippen LogP contribution in [-0.2, 0) is 4.74 Å². The lowest BCUT2D eigenvalue weighted by Crippen LogP contribution is -2.38. The Morgan fingerprint density at radius 3 is 2.29 bits per heavy atom. The monoisotopic (exact) mass is 421 g/mol. The number of hydrogen-bond acceptors (Lipinski definition) is 8. The quantitative estimate of drug-likeness (QED) is 0.586. The fourth-order valence-corrected chi connectivity index (χ4v) is 3.43. The average Bonchev–Trinajstić information content (AvgIpc) is 3.26. The molecule has 1 N–H and O–H groups in total. The van der Waals surface area contributed by atoms with Crippen LogP contribution < -0.4 is 15.2 Å². The summed E-state index contributed by atoms with van der Waals surface area (Å²) >= 11 is 12.0. The van der Waals surface area contributed by atoms with Gasteiger partial charge in [0, 0.05) is 26.2 Å². The molecule has 4 rings (SSSR count). The zero-order valence-electron chi connectivity index (χ0n) is 15.3. The van der Waals surface area contributed by atoms with Crippen LogP contribution in [0.1, 0.15) is 18.4 Å². The molecule has 1 aromatic heterocycles. The standard InChI is InChI=1S/C18H21Cl2N7O/c19-14-4-3-13(11-15(14)20)12-21-25-16-22-17(26-5-1-2-6-26)24-18(23-16)27-7-9-28-10-8-27/h3-4,11-12H,1-2,5-10H2,(H,22,23,24,25)/b21-12-. The number of rotatable bonds is 5. The van der Waals surface area contributed by atoms with Gasteiger partial charge in [0.05, 0.1) is 29.5 Å². The maximum atomic E-state index is 6.04. The van der Waals surface area contributed by atoms with E-state index in [-0.39, 0.29) is 0 Å². The van der Waals surface area contributed by atoms with Crippen molar-refractivity contribution in [2.75, 3.05) is 54.6 Å². The highest BCUT2D eigenvalue weighted by molar-refractivity contribution is 6.42. The minimum absolute atomic E-state index is 0.412. The molecule has 8 nitrogen and oxygen atoms in total. The molecule has 148 valence electrons. The summed E-state index contributed by atoms with van der Waals surface area (Å²) in [5.41, 5.74) is 3.74. The zero-order chi connectivity index (χ0) is 19.3. The van der Waals surface area contributed by atoms with E-state index in [4.69, 9.17) is 27.9 Å². The lowest BCUT2D eigenvalue weighted by molar-refractivity contribution is 0.122. The summed E-state index contributed by atoms with van der Waals surface area (Å²) in [5.74, 6) is 1.74. The smallest absolute Gasteiger partial charge is 0.250 e. The van der Waals surface area contributed by atoms with Gasteiger partial charge in [-0.1, -0.05) is 29.3 Å². The molecule has 0 aliphatic carbocycles. The molecule has 0 spiro atoms. The van der Waals surface area contributed by atoms with Crippen molar-refractivity contribution in [2.45, 2.75) is 12.8 Å². The predicted molar refractivity (Wildman–Crippen MR) is 112 cm³/mol. The molecule has 2 aliphatic heterocycles. The van der Waals surface area contributed by atoms with Crippen LogP contribution in [0.2, 0.25) is 10.0 Å². The van der Waals surface area contributed by atoms with E-state index in [1.807, 2.05) is 6.07 Å². The lowest BCUT2D eigenvalue weighted by Gasteiger charge is -2.27.